The highest BCUT2D eigenvalue weighted by Gasteiger charge is 2.16. The fourth-order valence-electron chi connectivity index (χ4n) is 2.69. The van der Waals surface area contributed by atoms with Crippen LogP contribution in [-0.4, -0.2) is 44.6 Å². The largest absolute Gasteiger partial charge is 0.347 e. The maximum absolute atomic E-state index is 12.3. The summed E-state index contributed by atoms with van der Waals surface area (Å²) in [5, 5.41) is 12.2. The van der Waals surface area contributed by atoms with Crippen LogP contribution in [0, 0.1) is 0 Å². The molecule has 3 amide bonds. The van der Waals surface area contributed by atoms with E-state index in [1.165, 1.54) is 6.33 Å². The van der Waals surface area contributed by atoms with Gasteiger partial charge in [-0.3, -0.25) is 14.4 Å². The lowest BCUT2D eigenvalue weighted by Gasteiger charge is -2.20. The number of carbonyl (C=O) groups excluding carboxylic acids is 3. The van der Waals surface area contributed by atoms with Gasteiger partial charge in [0.25, 0.3) is 11.8 Å². The Morgan fingerprint density at radius 2 is 1.52 bits per heavy atom. The molecule has 0 atom stereocenters. The quantitative estimate of drug-likeness (QED) is 0.565. The molecule has 1 aromatic heterocycles. The maximum atomic E-state index is 12.3. The molecule has 0 fully saturated rings. The molecule has 0 saturated carbocycles. The number of anilines is 1. The van der Waals surface area contributed by atoms with Crippen molar-refractivity contribution in [2.45, 2.75) is 26.3 Å². The highest BCUT2D eigenvalue weighted by Crippen LogP contribution is 2.12. The summed E-state index contributed by atoms with van der Waals surface area (Å²) in [7, 11) is 0. The molecular weight excluding hydrogens is 396 g/mol. The lowest BCUT2D eigenvalue weighted by Crippen LogP contribution is -2.40. The SMILES string of the molecule is CC(C)(C)NC(=O)c1ccc(C(=O)NCC(=O)Nc2ccc(-n3cncn3)cc2)cc1. The molecule has 31 heavy (non-hydrogen) atoms. The number of nitrogens with one attached hydrogen (secondary N) is 3. The van der Waals surface area contributed by atoms with Crippen molar-refractivity contribution in [3.8, 4) is 5.69 Å². The van der Waals surface area contributed by atoms with E-state index in [2.05, 4.69) is 26.0 Å². The van der Waals surface area contributed by atoms with Gasteiger partial charge in [-0.05, 0) is 69.3 Å². The van der Waals surface area contributed by atoms with Crippen LogP contribution < -0.4 is 16.0 Å². The Bertz CT molecular complexity index is 1050. The van der Waals surface area contributed by atoms with E-state index in [-0.39, 0.29) is 23.9 Å². The highest BCUT2D eigenvalue weighted by atomic mass is 16.2. The van der Waals surface area contributed by atoms with E-state index < -0.39 is 5.91 Å². The minimum absolute atomic E-state index is 0.185. The van der Waals surface area contributed by atoms with Crippen LogP contribution in [0.5, 0.6) is 0 Å². The van der Waals surface area contributed by atoms with E-state index in [9.17, 15) is 14.4 Å². The fourth-order valence-corrected chi connectivity index (χ4v) is 2.69. The van der Waals surface area contributed by atoms with E-state index in [4.69, 9.17) is 0 Å². The van der Waals surface area contributed by atoms with Gasteiger partial charge in [-0.15, -0.1) is 0 Å². The molecule has 0 saturated heterocycles. The zero-order valence-electron chi connectivity index (χ0n) is 17.5. The number of nitrogens with zero attached hydrogens (tertiary/aromatic N) is 3. The number of aromatic nitrogens is 3. The Balaban J connectivity index is 1.49. The van der Waals surface area contributed by atoms with Crippen molar-refractivity contribution in [3.05, 3.63) is 72.3 Å². The van der Waals surface area contributed by atoms with Crippen molar-refractivity contribution in [2.24, 2.45) is 0 Å². The lowest BCUT2D eigenvalue weighted by atomic mass is 10.1. The Morgan fingerprint density at radius 3 is 2.06 bits per heavy atom. The minimum Gasteiger partial charge on any atom is -0.347 e. The average molecular weight is 420 g/mol. The first-order valence-electron chi connectivity index (χ1n) is 9.67. The number of carbonyl (C=O) groups is 3. The number of rotatable bonds is 6. The van der Waals surface area contributed by atoms with Crippen LogP contribution in [0.25, 0.3) is 5.69 Å². The molecule has 0 radical (unpaired) electrons. The zero-order valence-corrected chi connectivity index (χ0v) is 17.5. The summed E-state index contributed by atoms with van der Waals surface area (Å²) in [6.07, 6.45) is 3.01. The van der Waals surface area contributed by atoms with Crippen molar-refractivity contribution in [3.63, 3.8) is 0 Å². The van der Waals surface area contributed by atoms with E-state index in [0.29, 0.717) is 16.8 Å². The van der Waals surface area contributed by atoms with Crippen LogP contribution in [0.1, 0.15) is 41.5 Å². The van der Waals surface area contributed by atoms with Gasteiger partial charge in [0, 0.05) is 22.4 Å². The Kier molecular flexibility index (Phi) is 6.44. The van der Waals surface area contributed by atoms with Gasteiger partial charge in [-0.1, -0.05) is 0 Å². The summed E-state index contributed by atoms with van der Waals surface area (Å²) < 4.78 is 1.60. The van der Waals surface area contributed by atoms with Gasteiger partial charge in [0.15, 0.2) is 0 Å². The number of hydrogen-bond acceptors (Lipinski definition) is 5. The summed E-state index contributed by atoms with van der Waals surface area (Å²) in [5.74, 6) is -0.976. The van der Waals surface area contributed by atoms with Crippen molar-refractivity contribution in [1.29, 1.82) is 0 Å². The third kappa shape index (κ3) is 6.23. The van der Waals surface area contributed by atoms with Crippen LogP contribution in [0.2, 0.25) is 0 Å². The molecule has 3 aromatic rings. The van der Waals surface area contributed by atoms with E-state index in [1.807, 2.05) is 20.8 Å². The van der Waals surface area contributed by atoms with Crippen LogP contribution in [0.4, 0.5) is 5.69 Å². The van der Waals surface area contributed by atoms with Gasteiger partial charge >= 0.3 is 0 Å². The topological polar surface area (TPSA) is 118 Å². The normalized spacial score (nSPS) is 10.9. The number of amides is 3. The first-order valence-corrected chi connectivity index (χ1v) is 9.67. The second-order valence-electron chi connectivity index (χ2n) is 7.90. The molecule has 0 aliphatic heterocycles. The first kappa shape index (κ1) is 21.7. The van der Waals surface area contributed by atoms with Crippen molar-refractivity contribution < 1.29 is 14.4 Å². The van der Waals surface area contributed by atoms with E-state index in [1.54, 1.807) is 59.5 Å². The molecule has 9 heteroatoms. The standard InChI is InChI=1S/C22H24N6O3/c1-22(2,3)27-21(31)16-6-4-15(5-7-16)20(30)24-12-19(29)26-17-8-10-18(11-9-17)28-14-23-13-25-28/h4-11,13-14H,12H2,1-3H3,(H,24,30)(H,26,29)(H,27,31). The first-order chi connectivity index (χ1) is 14.7. The summed E-state index contributed by atoms with van der Waals surface area (Å²) in [5.41, 5.74) is 1.87. The average Bonchev–Trinajstić information content (AvgIpc) is 3.26. The van der Waals surface area contributed by atoms with Gasteiger partial charge < -0.3 is 16.0 Å². The second kappa shape index (κ2) is 9.21. The van der Waals surface area contributed by atoms with Gasteiger partial charge in [-0.25, -0.2) is 9.67 Å². The molecule has 0 spiro atoms. The second-order valence-corrected chi connectivity index (χ2v) is 7.90. The Morgan fingerprint density at radius 1 is 0.903 bits per heavy atom. The van der Waals surface area contributed by atoms with Crippen LogP contribution in [-0.2, 0) is 4.79 Å². The van der Waals surface area contributed by atoms with Crippen molar-refractivity contribution >= 4 is 23.4 Å². The molecule has 0 bridgehead atoms. The Labute approximate surface area is 179 Å². The van der Waals surface area contributed by atoms with Crippen molar-refractivity contribution in [2.75, 3.05) is 11.9 Å². The van der Waals surface area contributed by atoms with Gasteiger partial charge in [-0.2, -0.15) is 5.10 Å². The molecule has 0 unspecified atom stereocenters. The summed E-state index contributed by atoms with van der Waals surface area (Å²) >= 11 is 0. The summed E-state index contributed by atoms with van der Waals surface area (Å²) in [6.45, 7) is 5.49. The summed E-state index contributed by atoms with van der Waals surface area (Å²) in [4.78, 5) is 40.4. The van der Waals surface area contributed by atoms with E-state index in [0.717, 1.165) is 5.69 Å². The van der Waals surface area contributed by atoms with E-state index >= 15 is 0 Å². The third-order valence-corrected chi connectivity index (χ3v) is 4.14. The van der Waals surface area contributed by atoms with Crippen LogP contribution in [0.15, 0.2) is 61.2 Å². The molecule has 160 valence electrons. The van der Waals surface area contributed by atoms with Crippen LogP contribution >= 0.6 is 0 Å². The molecule has 9 nitrogen and oxygen atoms in total. The van der Waals surface area contributed by atoms with Gasteiger partial charge in [0.2, 0.25) is 5.91 Å². The molecule has 3 rings (SSSR count). The molecule has 3 N–H and O–H groups in total. The molecule has 1 heterocycles. The zero-order chi connectivity index (χ0) is 22.4. The van der Waals surface area contributed by atoms with Gasteiger partial charge in [0.05, 0.1) is 12.2 Å². The highest BCUT2D eigenvalue weighted by molar-refractivity contribution is 6.00. The molecule has 0 aliphatic carbocycles. The van der Waals surface area contributed by atoms with Gasteiger partial charge in [0.1, 0.15) is 12.7 Å². The monoisotopic (exact) mass is 420 g/mol. The lowest BCUT2D eigenvalue weighted by molar-refractivity contribution is -0.115. The Hall–Kier alpha value is -4.01. The van der Waals surface area contributed by atoms with Crippen LogP contribution in [0.3, 0.4) is 0 Å². The third-order valence-electron chi connectivity index (χ3n) is 4.14. The number of hydrogen-bond donors (Lipinski definition) is 3. The number of benzene rings is 2. The van der Waals surface area contributed by atoms with Crippen molar-refractivity contribution in [1.82, 2.24) is 25.4 Å². The summed E-state index contributed by atoms with van der Waals surface area (Å²) in [6, 6.07) is 13.3. The fraction of sp³-hybridized carbons (Fsp3) is 0.227. The molecule has 0 aliphatic rings. The maximum Gasteiger partial charge on any atom is 0.251 e. The predicted octanol–water partition coefficient (Wildman–Crippen LogP) is 2.16. The molecular formula is C22H24N6O3. The molecule has 2 aromatic carbocycles. The smallest absolute Gasteiger partial charge is 0.251 e. The minimum atomic E-state index is -0.403. The predicted molar refractivity (Wildman–Crippen MR) is 116 cm³/mol.